The van der Waals surface area contributed by atoms with Crippen molar-refractivity contribution < 1.29 is 51.6 Å². The minimum atomic E-state index is -0.0509. The van der Waals surface area contributed by atoms with E-state index in [4.69, 9.17) is 22.3 Å². The van der Waals surface area contributed by atoms with Gasteiger partial charge in [-0.3, -0.25) is 0 Å². The fourth-order valence-corrected chi connectivity index (χ4v) is 5.84. The predicted octanol–water partition coefficient (Wildman–Crippen LogP) is 12.6. The molecule has 8 rings (SSSR count). The van der Waals surface area contributed by atoms with Gasteiger partial charge in [0.1, 0.15) is 0 Å². The number of aromatic nitrogens is 4. The average Bonchev–Trinajstić information content (AvgIpc) is 4.00. The quantitative estimate of drug-likeness (QED) is 0.118. The smallest absolute Gasteiger partial charge is 0.215 e. The van der Waals surface area contributed by atoms with E-state index in [2.05, 4.69) is 87.9 Å². The second-order valence-electron chi connectivity index (χ2n) is 15.7. The molecule has 0 aliphatic heterocycles. The van der Waals surface area contributed by atoms with Gasteiger partial charge in [-0.15, -0.1) is 11.1 Å². The molecule has 62 heavy (non-hydrogen) atoms. The van der Waals surface area contributed by atoms with Gasteiger partial charge in [0.2, 0.25) is 11.8 Å². The van der Waals surface area contributed by atoms with Crippen LogP contribution in [-0.2, 0) is 53.0 Å². The second-order valence-corrected chi connectivity index (χ2v) is 15.7. The zero-order valence-electron chi connectivity index (χ0n) is 35.2. The molecular formula is C54H44N4O2Pt2-6. The third-order valence-corrected chi connectivity index (χ3v) is 9.19. The summed E-state index contributed by atoms with van der Waals surface area (Å²) in [5.74, 6) is 2.07. The summed E-state index contributed by atoms with van der Waals surface area (Å²) in [6, 6.07) is 57.5. The minimum Gasteiger partial charge on any atom is -0.669 e. The summed E-state index contributed by atoms with van der Waals surface area (Å²) in [6.45, 7) is 13.0. The number of nitrogens with zero attached hydrogens (tertiary/aromatic N) is 4. The van der Waals surface area contributed by atoms with Crippen LogP contribution in [0.5, 0.6) is 23.3 Å². The molecule has 0 aliphatic rings. The molecule has 0 amide bonds. The summed E-state index contributed by atoms with van der Waals surface area (Å²) in [4.78, 5) is 9.04. The van der Waals surface area contributed by atoms with Crippen LogP contribution in [0.15, 0.2) is 159 Å². The van der Waals surface area contributed by atoms with Crippen LogP contribution in [0.2, 0.25) is 0 Å². The predicted molar refractivity (Wildman–Crippen MR) is 238 cm³/mol. The summed E-state index contributed by atoms with van der Waals surface area (Å²) in [5.41, 5.74) is 7.13. The largest absolute Gasteiger partial charge is 0.669 e. The van der Waals surface area contributed by atoms with Gasteiger partial charge in [-0.05, 0) is 58.4 Å². The van der Waals surface area contributed by atoms with Crippen molar-refractivity contribution in [3.8, 4) is 68.7 Å². The topological polar surface area (TPSA) is 54.1 Å². The molecule has 4 heterocycles. The maximum Gasteiger partial charge on any atom is 0.215 e. The monoisotopic (exact) mass is 1170 g/mol. The average molecular weight is 1170 g/mol. The van der Waals surface area contributed by atoms with Gasteiger partial charge in [0.05, 0.1) is 0 Å². The first-order valence-electron chi connectivity index (χ1n) is 19.4. The third kappa shape index (κ3) is 13.4. The standard InChI is InChI=1S/C42H36N2O2.2C6H4N.2Pt/c1-41(2,3)33-21-23-43-39(27-33)45-37-25-31(17-19-35(37)29-13-9-7-10-14-29)32-18-20-36(30-15-11-8-12-16-30)38(26-32)46-40-28-34(22-24-44-40)42(4,5)6;2*1-2-7-5-3-4-6-7;;/h7-16,19-24,27-28H,1-6H3;2*3-6H;;/q-4;2*-1;;. The van der Waals surface area contributed by atoms with E-state index >= 15 is 0 Å². The number of rotatable bonds is 7. The summed E-state index contributed by atoms with van der Waals surface area (Å²) in [5, 5.41) is 0. The molecule has 0 fully saturated rings. The maximum absolute atomic E-state index is 6.57. The number of pyridine rings is 2. The second kappa shape index (κ2) is 22.6. The zero-order chi connectivity index (χ0) is 42.5. The van der Waals surface area contributed by atoms with Crippen molar-refractivity contribution in [2.75, 3.05) is 0 Å². The number of hydrogen-bond acceptors (Lipinski definition) is 4. The molecule has 8 aromatic rings. The van der Waals surface area contributed by atoms with Crippen LogP contribution in [0.4, 0.5) is 0 Å². The van der Waals surface area contributed by atoms with Gasteiger partial charge in [-0.2, -0.15) is 0 Å². The van der Waals surface area contributed by atoms with E-state index in [9.17, 15) is 0 Å². The van der Waals surface area contributed by atoms with Crippen LogP contribution < -0.4 is 9.47 Å². The van der Waals surface area contributed by atoms with Gasteiger partial charge in [-0.25, -0.2) is 34.2 Å². The van der Waals surface area contributed by atoms with E-state index < -0.39 is 0 Å². The van der Waals surface area contributed by atoms with Crippen molar-refractivity contribution >= 4 is 0 Å². The number of hydrogen-bond donors (Lipinski definition) is 0. The summed E-state index contributed by atoms with van der Waals surface area (Å²) < 4.78 is 16.0. The number of benzene rings is 4. The molecule has 0 unspecified atom stereocenters. The molecule has 8 heteroatoms. The first-order chi connectivity index (χ1) is 28.9. The Morgan fingerprint density at radius 2 is 0.871 bits per heavy atom. The van der Waals surface area contributed by atoms with Gasteiger partial charge in [0.25, 0.3) is 0 Å². The van der Waals surface area contributed by atoms with Crippen LogP contribution in [0.1, 0.15) is 52.7 Å². The molecule has 0 N–H and O–H groups in total. The summed E-state index contributed by atoms with van der Waals surface area (Å²) in [6.07, 6.45) is 23.7. The molecule has 6 nitrogen and oxygen atoms in total. The Balaban J connectivity index is 0.000000447. The van der Waals surface area contributed by atoms with Gasteiger partial charge in [-0.1, -0.05) is 125 Å². The van der Waals surface area contributed by atoms with Crippen molar-refractivity contribution in [2.24, 2.45) is 0 Å². The molecule has 318 valence electrons. The van der Waals surface area contributed by atoms with Gasteiger partial charge >= 0.3 is 0 Å². The van der Waals surface area contributed by atoms with Crippen molar-refractivity contribution in [1.82, 2.24) is 19.1 Å². The van der Waals surface area contributed by atoms with E-state index in [1.165, 1.54) is 0 Å². The Kier molecular flexibility index (Phi) is 17.7. The van der Waals surface area contributed by atoms with Crippen molar-refractivity contribution in [3.63, 3.8) is 0 Å². The SMILES string of the molecule is CC(C)(C)c1ccnc(Oc2[c-]c(-c3[c-]cc(-c4ccccc4)c(Oc4cc(C(C)(C)C)ccn4)[c-]3)[c-]cc2-c2ccccc2)c1.[C-]#Cn1cccc1.[C-]#Cn1cccc1.[Pt].[Pt]. The van der Waals surface area contributed by atoms with E-state index in [-0.39, 0.29) is 53.0 Å². The first kappa shape index (κ1) is 48.5. The molecule has 0 spiro atoms. The molecule has 0 atom stereocenters. The fraction of sp³-hybridized carbons (Fsp3) is 0.148. The first-order valence-corrected chi connectivity index (χ1v) is 19.4. The zero-order valence-corrected chi connectivity index (χ0v) is 39.8. The van der Waals surface area contributed by atoms with Gasteiger partial charge < -0.3 is 66.8 Å². The van der Waals surface area contributed by atoms with Crippen LogP contribution in [0, 0.1) is 49.2 Å². The Bertz CT molecular complexity index is 2500. The third-order valence-electron chi connectivity index (χ3n) is 9.19. The van der Waals surface area contributed by atoms with E-state index in [1.807, 2.05) is 121 Å². The maximum atomic E-state index is 6.57. The van der Waals surface area contributed by atoms with Crippen molar-refractivity contribution in [1.29, 1.82) is 0 Å². The van der Waals surface area contributed by atoms with Crippen LogP contribution >= 0.6 is 0 Å². The Morgan fingerprint density at radius 1 is 0.516 bits per heavy atom. The van der Waals surface area contributed by atoms with E-state index in [0.717, 1.165) is 33.4 Å². The summed E-state index contributed by atoms with van der Waals surface area (Å²) >= 11 is 0. The molecule has 0 saturated heterocycles. The molecule has 0 radical (unpaired) electrons. The van der Waals surface area contributed by atoms with Crippen molar-refractivity contribution in [3.05, 3.63) is 207 Å². The number of ether oxygens (including phenoxy) is 2. The Morgan fingerprint density at radius 3 is 1.18 bits per heavy atom. The molecule has 0 bridgehead atoms. The van der Waals surface area contributed by atoms with Gasteiger partial charge in [0, 0.05) is 91.4 Å². The van der Waals surface area contributed by atoms with E-state index in [0.29, 0.717) is 34.4 Å². The van der Waals surface area contributed by atoms with Crippen LogP contribution in [0.25, 0.3) is 33.4 Å². The normalized spacial score (nSPS) is 10.5. The van der Waals surface area contributed by atoms with Gasteiger partial charge in [0.15, 0.2) is 0 Å². The Labute approximate surface area is 396 Å². The Hall–Kier alpha value is -6.16. The molecule has 4 aromatic heterocycles. The van der Waals surface area contributed by atoms with E-state index in [1.54, 1.807) is 46.3 Å². The fourth-order valence-electron chi connectivity index (χ4n) is 5.84. The molecule has 0 saturated carbocycles. The molecule has 0 aliphatic carbocycles. The van der Waals surface area contributed by atoms with Crippen molar-refractivity contribution in [2.45, 2.75) is 52.4 Å². The summed E-state index contributed by atoms with van der Waals surface area (Å²) in [7, 11) is 0. The minimum absolute atomic E-state index is 0. The molecular weight excluding hydrogens is 1130 g/mol. The van der Waals surface area contributed by atoms with Crippen LogP contribution in [-0.4, -0.2) is 19.1 Å². The molecule has 4 aromatic carbocycles. The van der Waals surface area contributed by atoms with Crippen LogP contribution in [0.3, 0.4) is 0 Å².